The number of nitrogens with zero attached hydrogens (tertiary/aromatic N) is 1. The molecule has 1 amide bonds. The molecule has 0 aromatic heterocycles. The number of nitrogens with one attached hydrogen (secondary N) is 1. The Hall–Kier alpha value is -2.25. The summed E-state index contributed by atoms with van der Waals surface area (Å²) >= 11 is 0. The highest BCUT2D eigenvalue weighted by Gasteiger charge is 2.37. The topological polar surface area (TPSA) is 66.5 Å². The van der Waals surface area contributed by atoms with Crippen molar-refractivity contribution in [3.63, 3.8) is 0 Å². The molecule has 5 nitrogen and oxygen atoms in total. The van der Waals surface area contributed by atoms with Crippen molar-refractivity contribution in [2.45, 2.75) is 36.6 Å². The van der Waals surface area contributed by atoms with Crippen LogP contribution < -0.4 is 5.32 Å². The van der Waals surface area contributed by atoms with E-state index in [0.717, 1.165) is 12.8 Å². The van der Waals surface area contributed by atoms with Gasteiger partial charge in [0.1, 0.15) is 11.9 Å². The van der Waals surface area contributed by atoms with Gasteiger partial charge in [-0.25, -0.2) is 12.8 Å². The van der Waals surface area contributed by atoms with Crippen LogP contribution >= 0.6 is 0 Å². The first-order valence-electron chi connectivity index (χ1n) is 9.08. The Morgan fingerprint density at radius 1 is 1.07 bits per heavy atom. The third-order valence-electron chi connectivity index (χ3n) is 4.76. The first-order chi connectivity index (χ1) is 13.0. The number of benzene rings is 2. The van der Waals surface area contributed by atoms with E-state index >= 15 is 0 Å². The summed E-state index contributed by atoms with van der Waals surface area (Å²) in [6.07, 6.45) is 2.37. The maximum absolute atomic E-state index is 13.7. The van der Waals surface area contributed by atoms with Crippen molar-refractivity contribution in [2.75, 3.05) is 13.1 Å². The largest absolute Gasteiger partial charge is 0.354 e. The molecular weight excluding hydrogens is 367 g/mol. The van der Waals surface area contributed by atoms with Crippen LogP contribution in [0.4, 0.5) is 4.39 Å². The third kappa shape index (κ3) is 4.54. The Kier molecular flexibility index (Phi) is 6.23. The molecule has 3 rings (SSSR count). The van der Waals surface area contributed by atoms with Gasteiger partial charge < -0.3 is 5.32 Å². The van der Waals surface area contributed by atoms with E-state index in [9.17, 15) is 17.6 Å². The highest BCUT2D eigenvalue weighted by Crippen LogP contribution is 2.25. The maximum atomic E-state index is 13.7. The van der Waals surface area contributed by atoms with Gasteiger partial charge in [0.15, 0.2) is 0 Å². The second kappa shape index (κ2) is 8.63. The second-order valence-corrected chi connectivity index (χ2v) is 8.46. The smallest absolute Gasteiger partial charge is 0.243 e. The second-order valence-electron chi connectivity index (χ2n) is 6.57. The molecule has 1 fully saturated rings. The van der Waals surface area contributed by atoms with E-state index in [0.29, 0.717) is 24.9 Å². The number of piperidine rings is 1. The molecular formula is C20H23FN2O3S. The van der Waals surface area contributed by atoms with Crippen LogP contribution in [-0.2, 0) is 21.2 Å². The van der Waals surface area contributed by atoms with Gasteiger partial charge in [0.05, 0.1) is 4.90 Å². The summed E-state index contributed by atoms with van der Waals surface area (Å²) in [4.78, 5) is 12.8. The van der Waals surface area contributed by atoms with E-state index in [2.05, 4.69) is 5.32 Å². The van der Waals surface area contributed by atoms with E-state index in [4.69, 9.17) is 0 Å². The quantitative estimate of drug-likeness (QED) is 0.825. The average molecular weight is 390 g/mol. The van der Waals surface area contributed by atoms with Crippen LogP contribution in [0.5, 0.6) is 0 Å². The highest BCUT2D eigenvalue weighted by atomic mass is 32.2. The number of halogens is 1. The zero-order chi connectivity index (χ0) is 19.3. The molecule has 0 saturated carbocycles. The maximum Gasteiger partial charge on any atom is 0.243 e. The first kappa shape index (κ1) is 19.5. The van der Waals surface area contributed by atoms with Crippen molar-refractivity contribution >= 4 is 15.9 Å². The number of hydrogen-bond donors (Lipinski definition) is 1. The Balaban J connectivity index is 1.68. The van der Waals surface area contributed by atoms with Crippen molar-refractivity contribution in [1.82, 2.24) is 9.62 Å². The lowest BCUT2D eigenvalue weighted by Crippen LogP contribution is -2.52. The molecule has 1 aliphatic rings. The summed E-state index contributed by atoms with van der Waals surface area (Å²) in [6.45, 7) is 0.581. The number of rotatable bonds is 6. The van der Waals surface area contributed by atoms with Crippen LogP contribution in [-0.4, -0.2) is 37.8 Å². The van der Waals surface area contributed by atoms with Gasteiger partial charge in [-0.3, -0.25) is 4.79 Å². The predicted octanol–water partition coefficient (Wildman–Crippen LogP) is 2.73. The molecule has 144 valence electrons. The lowest BCUT2D eigenvalue weighted by molar-refractivity contribution is -0.125. The van der Waals surface area contributed by atoms with Crippen molar-refractivity contribution in [3.8, 4) is 0 Å². The lowest BCUT2D eigenvalue weighted by Gasteiger charge is -2.33. The van der Waals surface area contributed by atoms with Gasteiger partial charge in [-0.05, 0) is 43.0 Å². The monoisotopic (exact) mass is 390 g/mol. The van der Waals surface area contributed by atoms with E-state index in [1.807, 2.05) is 0 Å². The Bertz CT molecular complexity index is 887. The number of carbonyl (C=O) groups is 1. The predicted molar refractivity (Wildman–Crippen MR) is 101 cm³/mol. The SMILES string of the molecule is O=C(NCCc1ccccc1F)C1CCCCN1S(=O)(=O)c1ccccc1. The molecule has 1 aliphatic heterocycles. The lowest BCUT2D eigenvalue weighted by atomic mass is 10.0. The van der Waals surface area contributed by atoms with E-state index in [1.54, 1.807) is 36.4 Å². The fourth-order valence-electron chi connectivity index (χ4n) is 3.32. The van der Waals surface area contributed by atoms with Gasteiger partial charge >= 0.3 is 0 Å². The van der Waals surface area contributed by atoms with Gasteiger partial charge in [0, 0.05) is 13.1 Å². The fourth-order valence-corrected chi connectivity index (χ4v) is 5.00. The molecule has 27 heavy (non-hydrogen) atoms. The fraction of sp³-hybridized carbons (Fsp3) is 0.350. The van der Waals surface area contributed by atoms with Gasteiger partial charge in [-0.2, -0.15) is 4.31 Å². The standard InChI is InChI=1S/C20H23FN2O3S/c21-18-11-5-4-8-16(18)13-14-22-20(24)19-12-6-7-15-23(19)27(25,26)17-9-2-1-3-10-17/h1-5,8-11,19H,6-7,12-15H2,(H,22,24). The minimum absolute atomic E-state index is 0.191. The van der Waals surface area contributed by atoms with E-state index in [-0.39, 0.29) is 23.2 Å². The number of sulfonamides is 1. The summed E-state index contributed by atoms with van der Waals surface area (Å²) in [5, 5.41) is 2.77. The summed E-state index contributed by atoms with van der Waals surface area (Å²) in [5.41, 5.74) is 0.523. The highest BCUT2D eigenvalue weighted by molar-refractivity contribution is 7.89. The van der Waals surface area contributed by atoms with Gasteiger partial charge in [-0.1, -0.05) is 42.8 Å². The molecule has 2 aromatic carbocycles. The minimum Gasteiger partial charge on any atom is -0.354 e. The zero-order valence-corrected chi connectivity index (χ0v) is 15.8. The molecule has 7 heteroatoms. The van der Waals surface area contributed by atoms with E-state index in [1.165, 1.54) is 22.5 Å². The van der Waals surface area contributed by atoms with Crippen LogP contribution in [0.2, 0.25) is 0 Å². The van der Waals surface area contributed by atoms with Crippen LogP contribution in [0.25, 0.3) is 0 Å². The number of hydrogen-bond acceptors (Lipinski definition) is 3. The minimum atomic E-state index is -3.73. The zero-order valence-electron chi connectivity index (χ0n) is 15.0. The number of carbonyl (C=O) groups excluding carboxylic acids is 1. The summed E-state index contributed by atoms with van der Waals surface area (Å²) < 4.78 is 40.8. The Labute approximate surface area is 159 Å². The Morgan fingerprint density at radius 2 is 1.78 bits per heavy atom. The van der Waals surface area contributed by atoms with Crippen LogP contribution in [0.3, 0.4) is 0 Å². The molecule has 0 bridgehead atoms. The van der Waals surface area contributed by atoms with Crippen LogP contribution in [0.1, 0.15) is 24.8 Å². The van der Waals surface area contributed by atoms with Crippen LogP contribution in [0, 0.1) is 5.82 Å². The van der Waals surface area contributed by atoms with E-state index < -0.39 is 16.1 Å². The molecule has 0 spiro atoms. The molecule has 1 heterocycles. The molecule has 1 saturated heterocycles. The van der Waals surface area contributed by atoms with Crippen molar-refractivity contribution < 1.29 is 17.6 Å². The Morgan fingerprint density at radius 3 is 2.52 bits per heavy atom. The summed E-state index contributed by atoms with van der Waals surface area (Å²) in [5.74, 6) is -0.636. The summed E-state index contributed by atoms with van der Waals surface area (Å²) in [6, 6.07) is 13.9. The van der Waals surface area contributed by atoms with Gasteiger partial charge in [0.25, 0.3) is 0 Å². The van der Waals surface area contributed by atoms with Crippen molar-refractivity contribution in [1.29, 1.82) is 0 Å². The first-order valence-corrected chi connectivity index (χ1v) is 10.5. The molecule has 2 aromatic rings. The van der Waals surface area contributed by atoms with Crippen molar-refractivity contribution in [3.05, 3.63) is 66.0 Å². The van der Waals surface area contributed by atoms with Crippen molar-refractivity contribution in [2.24, 2.45) is 0 Å². The molecule has 1 unspecified atom stereocenters. The molecule has 0 aliphatic carbocycles. The van der Waals surface area contributed by atoms with Gasteiger partial charge in [-0.15, -0.1) is 0 Å². The third-order valence-corrected chi connectivity index (χ3v) is 6.68. The molecule has 0 radical (unpaired) electrons. The molecule has 1 atom stereocenters. The van der Waals surface area contributed by atoms with Gasteiger partial charge in [0.2, 0.25) is 15.9 Å². The van der Waals surface area contributed by atoms with Crippen LogP contribution in [0.15, 0.2) is 59.5 Å². The normalized spacial score (nSPS) is 18.2. The summed E-state index contributed by atoms with van der Waals surface area (Å²) in [7, 11) is -3.73. The molecule has 1 N–H and O–H groups in total. The number of amides is 1. The average Bonchev–Trinajstić information content (AvgIpc) is 2.70.